The monoisotopic (exact) mass is 219 g/mol. The van der Waals surface area contributed by atoms with Crippen LogP contribution < -0.4 is 5.73 Å². The number of rotatable bonds is 1. The van der Waals surface area contributed by atoms with Crippen LogP contribution in [0, 0.1) is 26.6 Å². The van der Waals surface area contributed by atoms with Gasteiger partial charge in [-0.2, -0.15) is 5.10 Å². The minimum Gasteiger partial charge on any atom is -0.396 e. The van der Waals surface area contributed by atoms with Crippen molar-refractivity contribution in [2.75, 3.05) is 5.73 Å². The van der Waals surface area contributed by atoms with E-state index >= 15 is 0 Å². The second-order valence-electron chi connectivity index (χ2n) is 3.91. The Labute approximate surface area is 93.7 Å². The zero-order valence-electron chi connectivity index (χ0n) is 9.58. The maximum absolute atomic E-state index is 13.3. The van der Waals surface area contributed by atoms with Crippen LogP contribution in [0.5, 0.6) is 0 Å². The Morgan fingerprint density at radius 1 is 1.25 bits per heavy atom. The molecule has 0 radical (unpaired) electrons. The normalized spacial score (nSPS) is 10.8. The smallest absolute Gasteiger partial charge is 0.148 e. The summed E-state index contributed by atoms with van der Waals surface area (Å²) in [6.07, 6.45) is 0. The third kappa shape index (κ3) is 1.56. The molecule has 2 rings (SSSR count). The van der Waals surface area contributed by atoms with Crippen molar-refractivity contribution in [3.05, 3.63) is 41.0 Å². The molecule has 0 spiro atoms. The molecule has 0 fully saturated rings. The molecule has 84 valence electrons. The molecule has 0 saturated carbocycles. The minimum atomic E-state index is -0.414. The van der Waals surface area contributed by atoms with E-state index in [1.54, 1.807) is 16.8 Å². The molecule has 2 N–H and O–H groups in total. The number of nitrogen functional groups attached to an aromatic ring is 1. The van der Waals surface area contributed by atoms with Crippen LogP contribution in [0.25, 0.3) is 5.69 Å². The van der Waals surface area contributed by atoms with Crippen LogP contribution in [0.15, 0.2) is 18.2 Å². The van der Waals surface area contributed by atoms with Gasteiger partial charge in [-0.3, -0.25) is 0 Å². The van der Waals surface area contributed by atoms with Gasteiger partial charge >= 0.3 is 0 Å². The summed E-state index contributed by atoms with van der Waals surface area (Å²) in [6.45, 7) is 5.90. The van der Waals surface area contributed by atoms with Crippen LogP contribution in [0.4, 0.5) is 10.1 Å². The first-order chi connectivity index (χ1) is 7.50. The number of nitrogens with zero attached hydrogens (tertiary/aromatic N) is 2. The summed E-state index contributed by atoms with van der Waals surface area (Å²) in [7, 11) is 0. The molecule has 3 nitrogen and oxygen atoms in total. The van der Waals surface area contributed by atoms with E-state index in [9.17, 15) is 4.39 Å². The van der Waals surface area contributed by atoms with E-state index in [4.69, 9.17) is 5.73 Å². The van der Waals surface area contributed by atoms with Crippen molar-refractivity contribution in [2.24, 2.45) is 0 Å². The first kappa shape index (κ1) is 10.7. The number of halogens is 1. The van der Waals surface area contributed by atoms with Crippen molar-refractivity contribution in [2.45, 2.75) is 20.8 Å². The molecule has 0 aliphatic rings. The fourth-order valence-electron chi connectivity index (χ4n) is 1.62. The summed E-state index contributed by atoms with van der Waals surface area (Å²) in [6, 6.07) is 4.71. The Balaban J connectivity index is 2.59. The number of anilines is 1. The molecule has 16 heavy (non-hydrogen) atoms. The van der Waals surface area contributed by atoms with E-state index in [0.29, 0.717) is 5.69 Å². The molecule has 0 unspecified atom stereocenters. The summed E-state index contributed by atoms with van der Waals surface area (Å²) in [5, 5.41) is 4.36. The van der Waals surface area contributed by atoms with Gasteiger partial charge in [0, 0.05) is 11.8 Å². The summed E-state index contributed by atoms with van der Waals surface area (Å²) in [4.78, 5) is 0. The van der Waals surface area contributed by atoms with Crippen molar-refractivity contribution < 1.29 is 4.39 Å². The molecule has 0 atom stereocenters. The molecule has 0 saturated heterocycles. The van der Waals surface area contributed by atoms with Gasteiger partial charge in [0.05, 0.1) is 17.1 Å². The van der Waals surface area contributed by atoms with E-state index in [-0.39, 0.29) is 5.69 Å². The first-order valence-electron chi connectivity index (χ1n) is 5.09. The highest BCUT2D eigenvalue weighted by Crippen LogP contribution is 2.19. The lowest BCUT2D eigenvalue weighted by molar-refractivity contribution is 0.629. The Bertz CT molecular complexity index is 543. The quantitative estimate of drug-likeness (QED) is 0.749. The highest BCUT2D eigenvalue weighted by atomic mass is 19.1. The Morgan fingerprint density at radius 2 is 1.94 bits per heavy atom. The Kier molecular flexibility index (Phi) is 2.42. The Morgan fingerprint density at radius 3 is 2.44 bits per heavy atom. The molecule has 1 aromatic carbocycles. The van der Waals surface area contributed by atoms with E-state index in [0.717, 1.165) is 17.0 Å². The van der Waals surface area contributed by atoms with Crippen molar-refractivity contribution in [1.82, 2.24) is 9.78 Å². The van der Waals surface area contributed by atoms with Crippen molar-refractivity contribution in [3.8, 4) is 5.69 Å². The highest BCUT2D eigenvalue weighted by Gasteiger charge is 2.10. The average Bonchev–Trinajstić information content (AvgIpc) is 2.50. The molecular weight excluding hydrogens is 205 g/mol. The molecule has 0 amide bonds. The molecule has 0 aliphatic carbocycles. The SMILES string of the molecule is Cc1nn(-c2ccc(N)c(F)c2)c(C)c1C. The van der Waals surface area contributed by atoms with Gasteiger partial charge in [0.1, 0.15) is 5.82 Å². The van der Waals surface area contributed by atoms with E-state index in [1.165, 1.54) is 6.07 Å². The zero-order chi connectivity index (χ0) is 11.9. The zero-order valence-corrected chi connectivity index (χ0v) is 9.58. The third-order valence-electron chi connectivity index (χ3n) is 2.88. The summed E-state index contributed by atoms with van der Waals surface area (Å²) < 4.78 is 15.1. The molecule has 0 bridgehead atoms. The third-order valence-corrected chi connectivity index (χ3v) is 2.88. The molecule has 2 aromatic rings. The average molecular weight is 219 g/mol. The second kappa shape index (κ2) is 3.63. The van der Waals surface area contributed by atoms with Gasteiger partial charge in [0.15, 0.2) is 0 Å². The van der Waals surface area contributed by atoms with Crippen LogP contribution >= 0.6 is 0 Å². The lowest BCUT2D eigenvalue weighted by atomic mass is 10.2. The maximum atomic E-state index is 13.3. The molecule has 1 aromatic heterocycles. The highest BCUT2D eigenvalue weighted by molar-refractivity contribution is 5.47. The summed E-state index contributed by atoms with van der Waals surface area (Å²) >= 11 is 0. The van der Waals surface area contributed by atoms with E-state index in [1.807, 2.05) is 20.8 Å². The van der Waals surface area contributed by atoms with Gasteiger partial charge in [-0.15, -0.1) is 0 Å². The van der Waals surface area contributed by atoms with Crippen LogP contribution in [-0.2, 0) is 0 Å². The molecule has 4 heteroatoms. The van der Waals surface area contributed by atoms with Crippen molar-refractivity contribution in [3.63, 3.8) is 0 Å². The van der Waals surface area contributed by atoms with Crippen LogP contribution in [0.3, 0.4) is 0 Å². The maximum Gasteiger partial charge on any atom is 0.148 e. The van der Waals surface area contributed by atoms with E-state index in [2.05, 4.69) is 5.10 Å². The van der Waals surface area contributed by atoms with Gasteiger partial charge in [-0.25, -0.2) is 9.07 Å². The van der Waals surface area contributed by atoms with Gasteiger partial charge in [-0.05, 0) is 38.5 Å². The number of hydrogen-bond acceptors (Lipinski definition) is 2. The number of hydrogen-bond donors (Lipinski definition) is 1. The standard InChI is InChI=1S/C12H14FN3/c1-7-8(2)15-16(9(7)3)10-4-5-12(14)11(13)6-10/h4-6H,14H2,1-3H3. The molecular formula is C12H14FN3. The molecule has 0 aliphatic heterocycles. The summed E-state index contributed by atoms with van der Waals surface area (Å²) in [5.41, 5.74) is 9.38. The van der Waals surface area contributed by atoms with Crippen LogP contribution in [0.2, 0.25) is 0 Å². The topological polar surface area (TPSA) is 43.8 Å². The van der Waals surface area contributed by atoms with Crippen molar-refractivity contribution in [1.29, 1.82) is 0 Å². The fourth-order valence-corrected chi connectivity index (χ4v) is 1.62. The lowest BCUT2D eigenvalue weighted by Gasteiger charge is -2.05. The predicted molar refractivity (Wildman–Crippen MR) is 62.1 cm³/mol. The van der Waals surface area contributed by atoms with Gasteiger partial charge in [-0.1, -0.05) is 0 Å². The number of aryl methyl sites for hydroxylation is 1. The number of nitrogens with two attached hydrogens (primary N) is 1. The largest absolute Gasteiger partial charge is 0.396 e. The number of aromatic nitrogens is 2. The lowest BCUT2D eigenvalue weighted by Crippen LogP contribution is -2.01. The van der Waals surface area contributed by atoms with Crippen LogP contribution in [0.1, 0.15) is 17.0 Å². The van der Waals surface area contributed by atoms with Crippen molar-refractivity contribution >= 4 is 5.69 Å². The first-order valence-corrected chi connectivity index (χ1v) is 5.09. The fraction of sp³-hybridized carbons (Fsp3) is 0.250. The van der Waals surface area contributed by atoms with Gasteiger partial charge < -0.3 is 5.73 Å². The molecule has 1 heterocycles. The second-order valence-corrected chi connectivity index (χ2v) is 3.91. The van der Waals surface area contributed by atoms with E-state index < -0.39 is 5.82 Å². The van der Waals surface area contributed by atoms with Gasteiger partial charge in [0.2, 0.25) is 0 Å². The minimum absolute atomic E-state index is 0.155. The number of benzene rings is 1. The Hall–Kier alpha value is -1.84. The predicted octanol–water partition coefficient (Wildman–Crippen LogP) is 2.52. The van der Waals surface area contributed by atoms with Gasteiger partial charge in [0.25, 0.3) is 0 Å². The van der Waals surface area contributed by atoms with Crippen LogP contribution in [-0.4, -0.2) is 9.78 Å². The summed E-state index contributed by atoms with van der Waals surface area (Å²) in [5.74, 6) is -0.414.